The highest BCUT2D eigenvalue weighted by molar-refractivity contribution is 5.83. The van der Waals surface area contributed by atoms with Gasteiger partial charge >= 0.3 is 12.0 Å². The van der Waals surface area contributed by atoms with E-state index in [-0.39, 0.29) is 6.03 Å². The number of carbonyl (C=O) groups excluding carboxylic acids is 1. The van der Waals surface area contributed by atoms with E-state index in [2.05, 4.69) is 12.2 Å². The SMILES string of the molecule is CCCCN(C(=O)N[C@H](C(=O)O)C(C)(C)C)C1CC1. The normalized spacial score (nSPS) is 16.8. The van der Waals surface area contributed by atoms with Crippen LogP contribution in [0.4, 0.5) is 4.79 Å². The Balaban J connectivity index is 2.66. The Bertz CT molecular complexity index is 332. The molecule has 0 aromatic heterocycles. The van der Waals surface area contributed by atoms with E-state index in [0.717, 1.165) is 25.7 Å². The Kier molecular flexibility index (Phi) is 5.20. The molecule has 1 rings (SSSR count). The molecule has 1 saturated carbocycles. The summed E-state index contributed by atoms with van der Waals surface area (Å²) in [5, 5.41) is 11.9. The highest BCUT2D eigenvalue weighted by Crippen LogP contribution is 2.28. The van der Waals surface area contributed by atoms with Gasteiger partial charge in [0.1, 0.15) is 6.04 Å². The van der Waals surface area contributed by atoms with Crippen LogP contribution in [-0.4, -0.2) is 40.6 Å². The van der Waals surface area contributed by atoms with Crippen LogP contribution in [0.25, 0.3) is 0 Å². The largest absolute Gasteiger partial charge is 0.480 e. The maximum absolute atomic E-state index is 12.2. The minimum absolute atomic E-state index is 0.238. The Morgan fingerprint density at radius 3 is 2.32 bits per heavy atom. The average Bonchev–Trinajstić information content (AvgIpc) is 3.08. The summed E-state index contributed by atoms with van der Waals surface area (Å²) in [5.41, 5.74) is -0.499. The number of carboxylic acids is 1. The molecule has 0 aromatic rings. The van der Waals surface area contributed by atoms with Crippen LogP contribution >= 0.6 is 0 Å². The highest BCUT2D eigenvalue weighted by Gasteiger charge is 2.37. The Morgan fingerprint density at radius 2 is 1.95 bits per heavy atom. The van der Waals surface area contributed by atoms with Gasteiger partial charge < -0.3 is 15.3 Å². The van der Waals surface area contributed by atoms with Gasteiger partial charge in [-0.25, -0.2) is 9.59 Å². The van der Waals surface area contributed by atoms with E-state index in [1.54, 1.807) is 4.90 Å². The fourth-order valence-electron chi connectivity index (χ4n) is 2.02. The third-order valence-electron chi connectivity index (χ3n) is 3.38. The minimum atomic E-state index is -0.980. The summed E-state index contributed by atoms with van der Waals surface area (Å²) in [4.78, 5) is 25.3. The Morgan fingerprint density at radius 1 is 1.37 bits per heavy atom. The molecule has 2 N–H and O–H groups in total. The molecule has 0 heterocycles. The highest BCUT2D eigenvalue weighted by atomic mass is 16.4. The molecule has 0 bridgehead atoms. The zero-order chi connectivity index (χ0) is 14.6. The van der Waals surface area contributed by atoms with Crippen LogP contribution < -0.4 is 5.32 Å². The van der Waals surface area contributed by atoms with Crippen molar-refractivity contribution in [1.29, 1.82) is 0 Å². The summed E-state index contributed by atoms with van der Waals surface area (Å²) in [6, 6.07) is -0.790. The molecule has 1 fully saturated rings. The molecule has 0 spiro atoms. The molecule has 110 valence electrons. The van der Waals surface area contributed by atoms with Crippen molar-refractivity contribution >= 4 is 12.0 Å². The zero-order valence-corrected chi connectivity index (χ0v) is 12.4. The predicted octanol–water partition coefficient (Wildman–Crippen LogP) is 2.46. The van der Waals surface area contributed by atoms with Crippen LogP contribution in [0.5, 0.6) is 0 Å². The smallest absolute Gasteiger partial charge is 0.326 e. The first kappa shape index (κ1) is 15.8. The molecule has 1 aliphatic carbocycles. The van der Waals surface area contributed by atoms with E-state index in [9.17, 15) is 14.7 Å². The second-order valence-corrected chi connectivity index (χ2v) is 6.36. The number of hydrogen-bond donors (Lipinski definition) is 2. The number of urea groups is 1. The van der Waals surface area contributed by atoms with Gasteiger partial charge in [-0.3, -0.25) is 0 Å². The van der Waals surface area contributed by atoms with Crippen LogP contribution in [0, 0.1) is 5.41 Å². The van der Waals surface area contributed by atoms with Crippen LogP contribution in [-0.2, 0) is 4.79 Å². The van der Waals surface area contributed by atoms with E-state index in [1.165, 1.54) is 0 Å². The molecular weight excluding hydrogens is 244 g/mol. The third-order valence-corrected chi connectivity index (χ3v) is 3.38. The first-order chi connectivity index (χ1) is 8.77. The van der Waals surface area contributed by atoms with E-state index < -0.39 is 17.4 Å². The molecule has 0 unspecified atom stereocenters. The summed E-state index contributed by atoms with van der Waals surface area (Å²) in [6.45, 7) is 8.25. The van der Waals surface area contributed by atoms with Gasteiger partial charge in [-0.2, -0.15) is 0 Å². The number of rotatable bonds is 6. The van der Waals surface area contributed by atoms with Gasteiger partial charge in [0.15, 0.2) is 0 Å². The second kappa shape index (κ2) is 6.26. The van der Waals surface area contributed by atoms with Gasteiger partial charge in [0.2, 0.25) is 0 Å². The molecule has 5 heteroatoms. The summed E-state index contributed by atoms with van der Waals surface area (Å²) < 4.78 is 0. The third kappa shape index (κ3) is 4.73. The summed E-state index contributed by atoms with van der Waals surface area (Å²) in [7, 11) is 0. The molecule has 1 atom stereocenters. The van der Waals surface area contributed by atoms with Crippen molar-refractivity contribution in [3.05, 3.63) is 0 Å². The minimum Gasteiger partial charge on any atom is -0.480 e. The maximum Gasteiger partial charge on any atom is 0.326 e. The lowest BCUT2D eigenvalue weighted by atomic mass is 9.87. The maximum atomic E-state index is 12.2. The Labute approximate surface area is 115 Å². The first-order valence-corrected chi connectivity index (χ1v) is 7.07. The van der Waals surface area contributed by atoms with Gasteiger partial charge in [0.25, 0.3) is 0 Å². The number of nitrogens with zero attached hydrogens (tertiary/aromatic N) is 1. The van der Waals surface area contributed by atoms with Gasteiger partial charge in [-0.1, -0.05) is 34.1 Å². The molecule has 19 heavy (non-hydrogen) atoms. The summed E-state index contributed by atoms with van der Waals surface area (Å²) in [6.07, 6.45) is 4.05. The molecule has 1 aliphatic rings. The number of aliphatic carboxylic acids is 1. The van der Waals surface area contributed by atoms with Gasteiger partial charge in [0, 0.05) is 12.6 Å². The molecule has 0 saturated heterocycles. The summed E-state index contributed by atoms with van der Waals surface area (Å²) >= 11 is 0. The van der Waals surface area contributed by atoms with Crippen LogP contribution in [0.1, 0.15) is 53.4 Å². The average molecular weight is 270 g/mol. The summed E-state index contributed by atoms with van der Waals surface area (Å²) in [5.74, 6) is -0.980. The zero-order valence-electron chi connectivity index (χ0n) is 12.4. The van der Waals surface area contributed by atoms with Crippen LogP contribution in [0.3, 0.4) is 0 Å². The number of unbranched alkanes of at least 4 members (excludes halogenated alkanes) is 1. The lowest BCUT2D eigenvalue weighted by Crippen LogP contribution is -2.54. The fourth-order valence-corrected chi connectivity index (χ4v) is 2.02. The number of amides is 2. The predicted molar refractivity (Wildman–Crippen MR) is 74.0 cm³/mol. The van der Waals surface area contributed by atoms with Gasteiger partial charge in [0.05, 0.1) is 0 Å². The van der Waals surface area contributed by atoms with Crippen molar-refractivity contribution in [1.82, 2.24) is 10.2 Å². The number of carbonyl (C=O) groups is 2. The Hall–Kier alpha value is -1.26. The lowest BCUT2D eigenvalue weighted by molar-refractivity contribution is -0.142. The van der Waals surface area contributed by atoms with Crippen LogP contribution in [0.15, 0.2) is 0 Å². The number of hydrogen-bond acceptors (Lipinski definition) is 2. The fraction of sp³-hybridized carbons (Fsp3) is 0.857. The van der Waals surface area contributed by atoms with E-state index in [4.69, 9.17) is 0 Å². The quantitative estimate of drug-likeness (QED) is 0.779. The van der Waals surface area contributed by atoms with Crippen molar-refractivity contribution < 1.29 is 14.7 Å². The van der Waals surface area contributed by atoms with Crippen LogP contribution in [0.2, 0.25) is 0 Å². The second-order valence-electron chi connectivity index (χ2n) is 6.36. The van der Waals surface area contributed by atoms with Crippen molar-refractivity contribution in [3.63, 3.8) is 0 Å². The molecule has 0 aromatic carbocycles. The monoisotopic (exact) mass is 270 g/mol. The first-order valence-electron chi connectivity index (χ1n) is 7.07. The topological polar surface area (TPSA) is 69.6 Å². The standard InChI is InChI=1S/C14H26N2O3/c1-5-6-9-16(10-7-8-10)13(19)15-11(12(17)18)14(2,3)4/h10-11H,5-9H2,1-4H3,(H,15,19)(H,17,18)/t11-/m1/s1. The number of nitrogens with one attached hydrogen (secondary N) is 1. The van der Waals surface area contributed by atoms with Gasteiger partial charge in [-0.05, 0) is 24.7 Å². The molecule has 0 aliphatic heterocycles. The molecule has 0 radical (unpaired) electrons. The van der Waals surface area contributed by atoms with Gasteiger partial charge in [-0.15, -0.1) is 0 Å². The molecule has 5 nitrogen and oxygen atoms in total. The van der Waals surface area contributed by atoms with Crippen molar-refractivity contribution in [2.45, 2.75) is 65.5 Å². The van der Waals surface area contributed by atoms with Crippen molar-refractivity contribution in [3.8, 4) is 0 Å². The van der Waals surface area contributed by atoms with E-state index in [0.29, 0.717) is 12.6 Å². The van der Waals surface area contributed by atoms with E-state index >= 15 is 0 Å². The molecular formula is C14H26N2O3. The van der Waals surface area contributed by atoms with E-state index in [1.807, 2.05) is 20.8 Å². The molecule has 2 amide bonds. The van der Waals surface area contributed by atoms with Crippen molar-refractivity contribution in [2.75, 3.05) is 6.54 Å². The number of carboxylic acid groups (broad SMARTS) is 1. The lowest BCUT2D eigenvalue weighted by Gasteiger charge is -2.31. The van der Waals surface area contributed by atoms with Crippen molar-refractivity contribution in [2.24, 2.45) is 5.41 Å².